The number of rotatable bonds is 7. The summed E-state index contributed by atoms with van der Waals surface area (Å²) in [7, 11) is 0. The lowest BCUT2D eigenvalue weighted by molar-refractivity contribution is 0.0696. The van der Waals surface area contributed by atoms with E-state index in [4.69, 9.17) is 9.63 Å². The van der Waals surface area contributed by atoms with Crippen LogP contribution in [0.5, 0.6) is 0 Å². The Balaban J connectivity index is 0.00000304. The molecule has 0 unspecified atom stereocenters. The van der Waals surface area contributed by atoms with E-state index in [0.717, 1.165) is 18.9 Å². The van der Waals surface area contributed by atoms with Crippen LogP contribution in [-0.2, 0) is 6.42 Å². The smallest absolute Gasteiger partial charge is 0.335 e. The molecular formula is C23H24ClF2N7O3. The van der Waals surface area contributed by atoms with Gasteiger partial charge in [-0.25, -0.2) is 23.5 Å². The predicted molar refractivity (Wildman–Crippen MR) is 130 cm³/mol. The Morgan fingerprint density at radius 3 is 2.69 bits per heavy atom. The van der Waals surface area contributed by atoms with E-state index in [9.17, 15) is 9.18 Å². The molecule has 1 saturated heterocycles. The number of fused-ring (bicyclic) bond motifs is 1. The Kier molecular flexibility index (Phi) is 7.34. The first kappa shape index (κ1) is 25.3. The van der Waals surface area contributed by atoms with Gasteiger partial charge in [0.05, 0.1) is 16.6 Å². The quantitative estimate of drug-likeness (QED) is 0.356. The van der Waals surface area contributed by atoms with Crippen molar-refractivity contribution in [2.45, 2.75) is 38.6 Å². The summed E-state index contributed by atoms with van der Waals surface area (Å²) < 4.78 is 36.6. The summed E-state index contributed by atoms with van der Waals surface area (Å²) in [4.78, 5) is 25.9. The van der Waals surface area contributed by atoms with Crippen molar-refractivity contribution in [2.24, 2.45) is 0 Å². The van der Waals surface area contributed by atoms with Crippen molar-refractivity contribution in [3.63, 3.8) is 0 Å². The van der Waals surface area contributed by atoms with Gasteiger partial charge in [-0.05, 0) is 37.5 Å². The zero-order chi connectivity index (χ0) is 24.5. The third kappa shape index (κ3) is 4.81. The van der Waals surface area contributed by atoms with Gasteiger partial charge in [0.25, 0.3) is 0 Å². The van der Waals surface area contributed by atoms with Crippen molar-refractivity contribution < 1.29 is 23.2 Å². The highest BCUT2D eigenvalue weighted by Gasteiger charge is 2.27. The zero-order valence-electron chi connectivity index (χ0n) is 19.3. The maximum Gasteiger partial charge on any atom is 0.335 e. The first-order chi connectivity index (χ1) is 16.9. The second-order valence-electron chi connectivity index (χ2n) is 8.39. The molecule has 1 aromatic carbocycles. The lowest BCUT2D eigenvalue weighted by Crippen LogP contribution is -2.34. The molecule has 1 aliphatic rings. The molecule has 36 heavy (non-hydrogen) atoms. The molecule has 0 amide bonds. The maximum atomic E-state index is 15.1. The average molecular weight is 520 g/mol. The first-order valence-corrected chi connectivity index (χ1v) is 11.3. The normalized spacial score (nSPS) is 14.1. The molecule has 190 valence electrons. The molecule has 3 aromatic heterocycles. The van der Waals surface area contributed by atoms with E-state index in [1.165, 1.54) is 24.7 Å². The fourth-order valence-corrected chi connectivity index (χ4v) is 4.32. The Bertz CT molecular complexity index is 1390. The SMILES string of the molecule is CCCc1noc(N2CCC(n3cc(F)c4c(Nc5ccc(C(=O)O)cc5F)ncnc43)CC2)n1.Cl. The number of carboxylic acids is 1. The summed E-state index contributed by atoms with van der Waals surface area (Å²) in [5.41, 5.74) is 0.188. The van der Waals surface area contributed by atoms with Crippen molar-refractivity contribution in [1.82, 2.24) is 24.7 Å². The summed E-state index contributed by atoms with van der Waals surface area (Å²) in [6.07, 6.45) is 5.80. The molecule has 10 nitrogen and oxygen atoms in total. The van der Waals surface area contributed by atoms with Crippen LogP contribution >= 0.6 is 12.4 Å². The Hall–Kier alpha value is -3.80. The molecule has 0 atom stereocenters. The molecular weight excluding hydrogens is 496 g/mol. The summed E-state index contributed by atoms with van der Waals surface area (Å²) >= 11 is 0. The molecule has 0 bridgehead atoms. The Labute approximate surface area is 210 Å². The van der Waals surface area contributed by atoms with Crippen molar-refractivity contribution in [3.8, 4) is 0 Å². The van der Waals surface area contributed by atoms with Gasteiger partial charge in [-0.1, -0.05) is 12.1 Å². The van der Waals surface area contributed by atoms with Crippen LogP contribution in [0.4, 0.5) is 26.3 Å². The summed E-state index contributed by atoms with van der Waals surface area (Å²) in [6, 6.07) is 3.93. The van der Waals surface area contributed by atoms with Crippen LogP contribution in [-0.4, -0.2) is 48.8 Å². The fraction of sp³-hybridized carbons (Fsp3) is 0.348. The molecule has 5 rings (SSSR count). The standard InChI is InChI=1S/C23H23F2N7O3.ClH/c1-2-3-18-29-23(35-30-18)31-8-6-14(7-9-31)32-11-16(25)19-20(26-12-27-21(19)32)28-17-5-4-13(22(33)34)10-15(17)24;/h4-5,10-12,14H,2-3,6-9H2,1H3,(H,33,34)(H,26,27,28);1H. The van der Waals surface area contributed by atoms with Crippen LogP contribution in [0, 0.1) is 11.6 Å². The van der Waals surface area contributed by atoms with E-state index in [1.54, 1.807) is 4.57 Å². The highest BCUT2D eigenvalue weighted by Crippen LogP contribution is 2.33. The van der Waals surface area contributed by atoms with Crippen molar-refractivity contribution in [1.29, 1.82) is 0 Å². The number of piperidine rings is 1. The molecule has 1 fully saturated rings. The van der Waals surface area contributed by atoms with Gasteiger partial charge in [0.1, 0.15) is 23.6 Å². The van der Waals surface area contributed by atoms with Gasteiger partial charge >= 0.3 is 12.0 Å². The van der Waals surface area contributed by atoms with Gasteiger partial charge in [-0.2, -0.15) is 4.98 Å². The van der Waals surface area contributed by atoms with Crippen molar-refractivity contribution in [2.75, 3.05) is 23.3 Å². The number of halogens is 3. The number of benzene rings is 1. The van der Waals surface area contributed by atoms with E-state index in [-0.39, 0.29) is 40.9 Å². The van der Waals surface area contributed by atoms with Crippen LogP contribution in [0.2, 0.25) is 0 Å². The zero-order valence-corrected chi connectivity index (χ0v) is 20.1. The van der Waals surface area contributed by atoms with E-state index < -0.39 is 17.6 Å². The van der Waals surface area contributed by atoms with Crippen molar-refractivity contribution in [3.05, 3.63) is 53.7 Å². The van der Waals surface area contributed by atoms with Crippen LogP contribution in [0.1, 0.15) is 48.4 Å². The van der Waals surface area contributed by atoms with Crippen LogP contribution in [0.25, 0.3) is 11.0 Å². The molecule has 0 spiro atoms. The van der Waals surface area contributed by atoms with Gasteiger partial charge in [0.2, 0.25) is 0 Å². The third-order valence-electron chi connectivity index (χ3n) is 6.09. The average Bonchev–Trinajstić information content (AvgIpc) is 3.46. The van der Waals surface area contributed by atoms with Crippen LogP contribution in [0.15, 0.2) is 35.2 Å². The molecule has 0 saturated carbocycles. The topological polar surface area (TPSA) is 122 Å². The van der Waals surface area contributed by atoms with E-state index in [1.807, 2.05) is 4.90 Å². The maximum absolute atomic E-state index is 15.1. The van der Waals surface area contributed by atoms with Gasteiger partial charge in [0, 0.05) is 31.7 Å². The third-order valence-corrected chi connectivity index (χ3v) is 6.09. The van der Waals surface area contributed by atoms with Gasteiger partial charge in [-0.15, -0.1) is 12.4 Å². The molecule has 4 heterocycles. The van der Waals surface area contributed by atoms with Crippen LogP contribution < -0.4 is 10.2 Å². The number of carboxylic acid groups (broad SMARTS) is 1. The number of hydrogen-bond donors (Lipinski definition) is 2. The van der Waals surface area contributed by atoms with Crippen molar-refractivity contribution >= 4 is 46.9 Å². The summed E-state index contributed by atoms with van der Waals surface area (Å²) in [5, 5.41) is 15.9. The fourth-order valence-electron chi connectivity index (χ4n) is 4.32. The number of aromatic nitrogens is 5. The number of nitrogens with zero attached hydrogens (tertiary/aromatic N) is 6. The highest BCUT2D eigenvalue weighted by atomic mass is 35.5. The largest absolute Gasteiger partial charge is 0.478 e. The van der Waals surface area contributed by atoms with E-state index in [0.29, 0.717) is 43.4 Å². The molecule has 2 N–H and O–H groups in total. The molecule has 0 radical (unpaired) electrons. The van der Waals surface area contributed by atoms with E-state index in [2.05, 4.69) is 32.3 Å². The summed E-state index contributed by atoms with van der Waals surface area (Å²) in [6.45, 7) is 3.38. The lowest BCUT2D eigenvalue weighted by Gasteiger charge is -2.31. The lowest BCUT2D eigenvalue weighted by atomic mass is 10.1. The van der Waals surface area contributed by atoms with Crippen LogP contribution in [0.3, 0.4) is 0 Å². The minimum Gasteiger partial charge on any atom is -0.478 e. The number of hydrogen-bond acceptors (Lipinski definition) is 8. The predicted octanol–water partition coefficient (Wildman–Crippen LogP) is 4.75. The highest BCUT2D eigenvalue weighted by molar-refractivity contribution is 5.91. The Morgan fingerprint density at radius 2 is 2.00 bits per heavy atom. The minimum absolute atomic E-state index is 0. The number of aromatic carboxylic acids is 1. The molecule has 4 aromatic rings. The molecule has 1 aliphatic heterocycles. The number of aryl methyl sites for hydroxylation is 1. The monoisotopic (exact) mass is 519 g/mol. The molecule has 13 heteroatoms. The number of anilines is 3. The number of carbonyl (C=O) groups is 1. The van der Waals surface area contributed by atoms with Gasteiger partial charge in [0.15, 0.2) is 11.6 Å². The second kappa shape index (κ2) is 10.4. The Morgan fingerprint density at radius 1 is 1.22 bits per heavy atom. The summed E-state index contributed by atoms with van der Waals surface area (Å²) in [5.74, 6) is -1.77. The molecule has 0 aliphatic carbocycles. The first-order valence-electron chi connectivity index (χ1n) is 11.3. The second-order valence-corrected chi connectivity index (χ2v) is 8.39. The minimum atomic E-state index is -1.24. The number of nitrogens with one attached hydrogen (secondary N) is 1. The van der Waals surface area contributed by atoms with E-state index >= 15 is 4.39 Å². The van der Waals surface area contributed by atoms with Gasteiger partial charge < -0.3 is 24.4 Å². The van der Waals surface area contributed by atoms with Gasteiger partial charge in [-0.3, -0.25) is 0 Å².